The van der Waals surface area contributed by atoms with Gasteiger partial charge < -0.3 is 10.0 Å². The van der Waals surface area contributed by atoms with Gasteiger partial charge in [0.2, 0.25) is 0 Å². The zero-order valence-electron chi connectivity index (χ0n) is 10.7. The highest BCUT2D eigenvalue weighted by Gasteiger charge is 2.39. The van der Waals surface area contributed by atoms with Gasteiger partial charge in [-0.15, -0.1) is 5.54 Å². The van der Waals surface area contributed by atoms with E-state index >= 15 is 0 Å². The standard InChI is InChI=1S/C13H19NO2Si/c1-17(2,3)7-6-11-5-4-10-8-12(11)14(9-10)13(15)16/h5,10,12H,4,8-9H2,1-3H3,(H,15,16). The molecule has 1 aliphatic heterocycles. The summed E-state index contributed by atoms with van der Waals surface area (Å²) in [5.41, 5.74) is 4.37. The molecule has 0 radical (unpaired) electrons. The van der Waals surface area contributed by atoms with E-state index in [0.29, 0.717) is 12.5 Å². The second-order valence-electron chi connectivity index (χ2n) is 5.95. The van der Waals surface area contributed by atoms with Crippen LogP contribution in [0.4, 0.5) is 4.79 Å². The van der Waals surface area contributed by atoms with Gasteiger partial charge in [-0.3, -0.25) is 0 Å². The van der Waals surface area contributed by atoms with Crippen molar-refractivity contribution in [3.05, 3.63) is 11.6 Å². The molecule has 17 heavy (non-hydrogen) atoms. The van der Waals surface area contributed by atoms with Crippen LogP contribution >= 0.6 is 0 Å². The van der Waals surface area contributed by atoms with Crippen LogP contribution in [-0.2, 0) is 0 Å². The molecule has 1 amide bonds. The molecular weight excluding hydrogens is 230 g/mol. The Hall–Kier alpha value is -1.21. The van der Waals surface area contributed by atoms with Crippen molar-refractivity contribution in [1.82, 2.24) is 4.90 Å². The van der Waals surface area contributed by atoms with Crippen LogP contribution in [-0.4, -0.2) is 36.8 Å². The summed E-state index contributed by atoms with van der Waals surface area (Å²) < 4.78 is 0. The van der Waals surface area contributed by atoms with E-state index in [1.807, 2.05) is 0 Å². The molecule has 1 aliphatic carbocycles. The molecule has 92 valence electrons. The van der Waals surface area contributed by atoms with Crippen molar-refractivity contribution in [3.63, 3.8) is 0 Å². The van der Waals surface area contributed by atoms with Gasteiger partial charge in [0, 0.05) is 12.1 Å². The van der Waals surface area contributed by atoms with Gasteiger partial charge in [0.15, 0.2) is 0 Å². The van der Waals surface area contributed by atoms with Crippen LogP contribution in [0.2, 0.25) is 19.6 Å². The highest BCUT2D eigenvalue weighted by atomic mass is 28.3. The molecule has 1 heterocycles. The predicted molar refractivity (Wildman–Crippen MR) is 70.4 cm³/mol. The van der Waals surface area contributed by atoms with E-state index in [1.165, 1.54) is 0 Å². The quantitative estimate of drug-likeness (QED) is 0.529. The summed E-state index contributed by atoms with van der Waals surface area (Å²) in [6.07, 6.45) is 3.28. The maximum atomic E-state index is 11.2. The van der Waals surface area contributed by atoms with Crippen LogP contribution in [0.25, 0.3) is 0 Å². The van der Waals surface area contributed by atoms with Gasteiger partial charge >= 0.3 is 6.09 Å². The van der Waals surface area contributed by atoms with E-state index in [9.17, 15) is 4.79 Å². The summed E-state index contributed by atoms with van der Waals surface area (Å²) in [7, 11) is -1.39. The summed E-state index contributed by atoms with van der Waals surface area (Å²) in [6.45, 7) is 7.29. The Morgan fingerprint density at radius 1 is 1.53 bits per heavy atom. The van der Waals surface area contributed by atoms with Gasteiger partial charge in [0.05, 0.1) is 6.04 Å². The summed E-state index contributed by atoms with van der Waals surface area (Å²) in [6, 6.07) is 0.0232. The van der Waals surface area contributed by atoms with Crippen LogP contribution in [0.5, 0.6) is 0 Å². The minimum absolute atomic E-state index is 0.0232. The van der Waals surface area contributed by atoms with Crippen molar-refractivity contribution >= 4 is 14.2 Å². The first-order valence-electron chi connectivity index (χ1n) is 6.09. The Balaban J connectivity index is 2.21. The van der Waals surface area contributed by atoms with Crippen LogP contribution in [0.3, 0.4) is 0 Å². The maximum Gasteiger partial charge on any atom is 0.407 e. The van der Waals surface area contributed by atoms with Gasteiger partial charge in [0.1, 0.15) is 8.07 Å². The fourth-order valence-electron chi connectivity index (χ4n) is 2.42. The van der Waals surface area contributed by atoms with E-state index < -0.39 is 14.2 Å². The normalized spacial score (nSPS) is 27.2. The molecule has 1 N–H and O–H groups in total. The van der Waals surface area contributed by atoms with Gasteiger partial charge in [-0.2, -0.15) is 0 Å². The molecular formula is C13H19NO2Si. The van der Waals surface area contributed by atoms with Crippen molar-refractivity contribution in [1.29, 1.82) is 0 Å². The second-order valence-corrected chi connectivity index (χ2v) is 10.7. The van der Waals surface area contributed by atoms with Gasteiger partial charge in [0.25, 0.3) is 0 Å². The zero-order valence-corrected chi connectivity index (χ0v) is 11.7. The minimum Gasteiger partial charge on any atom is -0.465 e. The summed E-state index contributed by atoms with van der Waals surface area (Å²) in [5.74, 6) is 3.75. The molecule has 0 aromatic rings. The molecule has 2 bridgehead atoms. The third-order valence-corrected chi connectivity index (χ3v) is 4.12. The van der Waals surface area contributed by atoms with E-state index in [2.05, 4.69) is 37.2 Å². The third kappa shape index (κ3) is 2.72. The Kier molecular flexibility index (Phi) is 3.05. The average Bonchev–Trinajstić information content (AvgIpc) is 2.54. The fourth-order valence-corrected chi connectivity index (χ4v) is 2.94. The predicted octanol–water partition coefficient (Wildman–Crippen LogP) is 2.57. The Labute approximate surface area is 104 Å². The van der Waals surface area contributed by atoms with Crippen molar-refractivity contribution in [2.24, 2.45) is 5.92 Å². The van der Waals surface area contributed by atoms with Crippen molar-refractivity contribution in [3.8, 4) is 11.5 Å². The maximum absolute atomic E-state index is 11.2. The van der Waals surface area contributed by atoms with Gasteiger partial charge in [-0.1, -0.05) is 31.6 Å². The lowest BCUT2D eigenvalue weighted by atomic mass is 9.91. The van der Waals surface area contributed by atoms with E-state index in [-0.39, 0.29) is 6.04 Å². The fraction of sp³-hybridized carbons (Fsp3) is 0.615. The first-order valence-corrected chi connectivity index (χ1v) is 9.59. The molecule has 2 atom stereocenters. The molecule has 0 aromatic heterocycles. The number of carbonyl (C=O) groups is 1. The van der Waals surface area contributed by atoms with Crippen LogP contribution < -0.4 is 0 Å². The molecule has 1 saturated heterocycles. The number of nitrogens with zero attached hydrogens (tertiary/aromatic N) is 1. The van der Waals surface area contributed by atoms with Crippen molar-refractivity contribution in [2.75, 3.05) is 6.54 Å². The Morgan fingerprint density at radius 2 is 2.24 bits per heavy atom. The lowest BCUT2D eigenvalue weighted by Gasteiger charge is -2.22. The van der Waals surface area contributed by atoms with Gasteiger partial charge in [-0.05, 0) is 18.8 Å². The van der Waals surface area contributed by atoms with Gasteiger partial charge in [-0.25, -0.2) is 4.79 Å². The summed E-state index contributed by atoms with van der Waals surface area (Å²) in [4.78, 5) is 12.7. The number of carboxylic acid groups (broad SMARTS) is 1. The number of rotatable bonds is 0. The van der Waals surface area contributed by atoms with Crippen molar-refractivity contribution in [2.45, 2.75) is 38.5 Å². The molecule has 1 fully saturated rings. The summed E-state index contributed by atoms with van der Waals surface area (Å²) in [5, 5.41) is 9.17. The first-order chi connectivity index (χ1) is 7.87. The zero-order chi connectivity index (χ0) is 12.6. The molecule has 2 unspecified atom stereocenters. The van der Waals surface area contributed by atoms with Crippen LogP contribution in [0, 0.1) is 17.4 Å². The van der Waals surface area contributed by atoms with Crippen LogP contribution in [0.1, 0.15) is 12.8 Å². The number of fused-ring (bicyclic) bond motifs is 2. The van der Waals surface area contributed by atoms with E-state index in [4.69, 9.17) is 5.11 Å². The molecule has 0 saturated carbocycles. The highest BCUT2D eigenvalue weighted by molar-refractivity contribution is 6.83. The number of likely N-dealkylation sites (tertiary alicyclic amines) is 1. The summed E-state index contributed by atoms with van der Waals surface area (Å²) >= 11 is 0. The lowest BCUT2D eigenvalue weighted by Crippen LogP contribution is -2.35. The first kappa shape index (κ1) is 12.2. The Bertz CT molecular complexity index is 425. The highest BCUT2D eigenvalue weighted by Crippen LogP contribution is 2.35. The molecule has 2 aliphatic rings. The molecule has 4 heteroatoms. The number of hydrogen-bond acceptors (Lipinski definition) is 1. The number of allylic oxidation sites excluding steroid dienone is 1. The minimum atomic E-state index is -1.39. The topological polar surface area (TPSA) is 40.5 Å². The van der Waals surface area contributed by atoms with E-state index in [1.54, 1.807) is 4.90 Å². The third-order valence-electron chi connectivity index (χ3n) is 3.25. The number of amides is 1. The lowest BCUT2D eigenvalue weighted by molar-refractivity contribution is 0.146. The Morgan fingerprint density at radius 3 is 2.82 bits per heavy atom. The molecule has 0 spiro atoms. The number of hydrogen-bond donors (Lipinski definition) is 1. The smallest absolute Gasteiger partial charge is 0.407 e. The van der Waals surface area contributed by atoms with E-state index in [0.717, 1.165) is 18.4 Å². The average molecular weight is 249 g/mol. The monoisotopic (exact) mass is 249 g/mol. The molecule has 3 nitrogen and oxygen atoms in total. The molecule has 2 rings (SSSR count). The second kappa shape index (κ2) is 4.23. The van der Waals surface area contributed by atoms with Crippen molar-refractivity contribution < 1.29 is 9.90 Å². The largest absolute Gasteiger partial charge is 0.465 e. The van der Waals surface area contributed by atoms with Crippen LogP contribution in [0.15, 0.2) is 11.6 Å². The molecule has 0 aromatic carbocycles. The SMILES string of the molecule is C[Si](C)(C)C#CC1=CCC2CC1N(C(=O)O)C2.